The van der Waals surface area contributed by atoms with Gasteiger partial charge in [0.25, 0.3) is 10.0 Å². The van der Waals surface area contributed by atoms with Crippen LogP contribution in [0.4, 0.5) is 10.1 Å². The number of rotatable bonds is 7. The Morgan fingerprint density at radius 2 is 1.23 bits per heavy atom. The number of carbonyl (C=O) groups excluding carboxylic acids is 2. The van der Waals surface area contributed by atoms with E-state index >= 15 is 0 Å². The third kappa shape index (κ3) is 5.28. The van der Waals surface area contributed by atoms with Crippen LogP contribution >= 0.6 is 0 Å². The summed E-state index contributed by atoms with van der Waals surface area (Å²) in [5.74, 6) is -1.19. The number of hydrogen-bond donors (Lipinski definition) is 0. The van der Waals surface area contributed by atoms with Crippen molar-refractivity contribution in [1.82, 2.24) is 0 Å². The van der Waals surface area contributed by atoms with Crippen LogP contribution in [-0.4, -0.2) is 27.2 Å². The molecule has 0 spiro atoms. The zero-order valence-electron chi connectivity index (χ0n) is 18.6. The van der Waals surface area contributed by atoms with Crippen LogP contribution in [0.2, 0.25) is 0 Å². The zero-order chi connectivity index (χ0) is 25.0. The van der Waals surface area contributed by atoms with Crippen molar-refractivity contribution >= 4 is 27.5 Å². The molecule has 0 atom stereocenters. The van der Waals surface area contributed by atoms with Crippen molar-refractivity contribution in [3.05, 3.63) is 126 Å². The maximum atomic E-state index is 13.1. The average Bonchev–Trinajstić information content (AvgIpc) is 2.89. The smallest absolute Gasteiger partial charge is 0.343 e. The van der Waals surface area contributed by atoms with Crippen molar-refractivity contribution in [3.8, 4) is 5.75 Å². The molecule has 0 aromatic heterocycles. The molecule has 0 radical (unpaired) electrons. The Balaban J connectivity index is 1.44. The molecule has 0 aliphatic rings. The number of benzene rings is 4. The third-order valence-electron chi connectivity index (χ3n) is 5.30. The van der Waals surface area contributed by atoms with E-state index in [1.165, 1.54) is 79.8 Å². The lowest BCUT2D eigenvalue weighted by molar-refractivity contribution is 0.0734. The summed E-state index contributed by atoms with van der Waals surface area (Å²) in [5.41, 5.74) is 1.37. The van der Waals surface area contributed by atoms with Gasteiger partial charge in [-0.25, -0.2) is 17.6 Å². The van der Waals surface area contributed by atoms with E-state index < -0.39 is 21.8 Å². The lowest BCUT2D eigenvalue weighted by atomic mass is 10.0. The summed E-state index contributed by atoms with van der Waals surface area (Å²) in [4.78, 5) is 25.0. The van der Waals surface area contributed by atoms with Gasteiger partial charge < -0.3 is 4.74 Å². The van der Waals surface area contributed by atoms with Crippen molar-refractivity contribution in [2.75, 3.05) is 11.4 Å². The van der Waals surface area contributed by atoms with Crippen molar-refractivity contribution in [1.29, 1.82) is 0 Å². The number of hydrogen-bond acceptors (Lipinski definition) is 5. The molecule has 4 rings (SSSR count). The normalized spacial score (nSPS) is 11.0. The molecule has 0 fully saturated rings. The molecule has 6 nitrogen and oxygen atoms in total. The minimum atomic E-state index is -3.80. The van der Waals surface area contributed by atoms with Gasteiger partial charge in [-0.2, -0.15) is 0 Å². The molecule has 8 heteroatoms. The first-order valence-corrected chi connectivity index (χ1v) is 12.0. The van der Waals surface area contributed by atoms with Gasteiger partial charge in [0.15, 0.2) is 5.78 Å². The van der Waals surface area contributed by atoms with E-state index in [2.05, 4.69) is 0 Å². The Morgan fingerprint density at radius 1 is 0.714 bits per heavy atom. The van der Waals surface area contributed by atoms with E-state index in [4.69, 9.17) is 4.74 Å². The highest BCUT2D eigenvalue weighted by molar-refractivity contribution is 7.92. The molecular weight excluding hydrogens is 469 g/mol. The van der Waals surface area contributed by atoms with Crippen LogP contribution in [0.25, 0.3) is 0 Å². The molecule has 0 N–H and O–H groups in total. The molecule has 4 aromatic carbocycles. The SMILES string of the molecule is CN(c1ccccc1)S(=O)(=O)c1ccc(C(=O)Oc2ccc(C(=O)c3ccc(F)cc3)cc2)cc1. The molecule has 0 aliphatic heterocycles. The van der Waals surface area contributed by atoms with Crippen LogP contribution in [0, 0.1) is 5.82 Å². The van der Waals surface area contributed by atoms with Crippen LogP contribution in [0.5, 0.6) is 5.75 Å². The maximum absolute atomic E-state index is 13.1. The van der Waals surface area contributed by atoms with Crippen LogP contribution in [0.1, 0.15) is 26.3 Å². The standard InChI is InChI=1S/C27H20FNO5S/c1-29(23-5-3-2-4-6-23)35(32,33)25-17-11-21(12-18-25)27(31)34-24-15-9-20(10-16-24)26(30)19-7-13-22(28)14-8-19/h2-18H,1H3. The third-order valence-corrected chi connectivity index (χ3v) is 7.10. The fourth-order valence-corrected chi connectivity index (χ4v) is 4.50. The van der Waals surface area contributed by atoms with Crippen LogP contribution < -0.4 is 9.04 Å². The van der Waals surface area contributed by atoms with Gasteiger partial charge >= 0.3 is 5.97 Å². The molecular formula is C27H20FNO5S. The van der Waals surface area contributed by atoms with E-state index in [0.717, 1.165) is 4.31 Å². The Hall–Kier alpha value is -4.30. The van der Waals surface area contributed by atoms with Crippen LogP contribution in [0.3, 0.4) is 0 Å². The second kappa shape index (κ2) is 9.90. The minimum Gasteiger partial charge on any atom is -0.423 e. The Morgan fingerprint density at radius 3 is 1.80 bits per heavy atom. The lowest BCUT2D eigenvalue weighted by Crippen LogP contribution is -2.26. The van der Waals surface area contributed by atoms with E-state index in [0.29, 0.717) is 16.8 Å². The van der Waals surface area contributed by atoms with E-state index in [-0.39, 0.29) is 22.0 Å². The number of ether oxygens (including phenoxy) is 1. The second-order valence-electron chi connectivity index (χ2n) is 7.58. The number of sulfonamides is 1. The van der Waals surface area contributed by atoms with Crippen molar-refractivity contribution in [2.24, 2.45) is 0 Å². The van der Waals surface area contributed by atoms with Gasteiger partial charge in [0.2, 0.25) is 0 Å². The molecule has 0 aliphatic carbocycles. The quantitative estimate of drug-likeness (QED) is 0.205. The first-order valence-electron chi connectivity index (χ1n) is 10.5. The van der Waals surface area contributed by atoms with Gasteiger partial charge in [-0.3, -0.25) is 9.10 Å². The molecule has 0 saturated heterocycles. The van der Waals surface area contributed by atoms with Gasteiger partial charge in [0.1, 0.15) is 11.6 Å². The van der Waals surface area contributed by atoms with E-state index in [9.17, 15) is 22.4 Å². The number of nitrogens with zero attached hydrogens (tertiary/aromatic N) is 1. The summed E-state index contributed by atoms with van der Waals surface area (Å²) in [5, 5.41) is 0. The summed E-state index contributed by atoms with van der Waals surface area (Å²) < 4.78 is 45.3. The van der Waals surface area contributed by atoms with Crippen molar-refractivity contribution in [2.45, 2.75) is 4.90 Å². The summed E-state index contributed by atoms with van der Waals surface area (Å²) in [6.45, 7) is 0. The fourth-order valence-electron chi connectivity index (χ4n) is 3.31. The first kappa shape index (κ1) is 23.8. The molecule has 35 heavy (non-hydrogen) atoms. The number of ketones is 1. The number of esters is 1. The Labute approximate surface area is 202 Å². The monoisotopic (exact) mass is 489 g/mol. The summed E-state index contributed by atoms with van der Waals surface area (Å²) in [6, 6.07) is 25.2. The first-order chi connectivity index (χ1) is 16.8. The summed E-state index contributed by atoms with van der Waals surface area (Å²) in [7, 11) is -2.35. The largest absolute Gasteiger partial charge is 0.423 e. The highest BCUT2D eigenvalue weighted by Crippen LogP contribution is 2.23. The number of anilines is 1. The predicted molar refractivity (Wildman–Crippen MR) is 130 cm³/mol. The molecule has 4 aromatic rings. The lowest BCUT2D eigenvalue weighted by Gasteiger charge is -2.19. The van der Waals surface area contributed by atoms with Gasteiger partial charge in [0, 0.05) is 18.2 Å². The number of halogens is 1. The molecule has 0 unspecified atom stereocenters. The van der Waals surface area contributed by atoms with Gasteiger partial charge in [-0.1, -0.05) is 18.2 Å². The number of para-hydroxylation sites is 1. The highest BCUT2D eigenvalue weighted by atomic mass is 32.2. The van der Waals surface area contributed by atoms with Gasteiger partial charge in [-0.15, -0.1) is 0 Å². The van der Waals surface area contributed by atoms with Crippen molar-refractivity contribution in [3.63, 3.8) is 0 Å². The van der Waals surface area contributed by atoms with Crippen LogP contribution in [-0.2, 0) is 10.0 Å². The highest BCUT2D eigenvalue weighted by Gasteiger charge is 2.22. The predicted octanol–water partition coefficient (Wildman–Crippen LogP) is 5.10. The second-order valence-corrected chi connectivity index (χ2v) is 9.55. The van der Waals surface area contributed by atoms with Crippen molar-refractivity contribution < 1.29 is 27.1 Å². The Kier molecular flexibility index (Phi) is 6.75. The summed E-state index contributed by atoms with van der Waals surface area (Å²) in [6.07, 6.45) is 0. The van der Waals surface area contributed by atoms with E-state index in [1.54, 1.807) is 30.3 Å². The maximum Gasteiger partial charge on any atom is 0.343 e. The summed E-state index contributed by atoms with van der Waals surface area (Å²) >= 11 is 0. The molecule has 0 heterocycles. The molecule has 0 bridgehead atoms. The Bertz CT molecular complexity index is 1450. The number of carbonyl (C=O) groups is 2. The van der Waals surface area contributed by atoms with Gasteiger partial charge in [0.05, 0.1) is 16.1 Å². The fraction of sp³-hybridized carbons (Fsp3) is 0.0370. The topological polar surface area (TPSA) is 80.8 Å². The zero-order valence-corrected chi connectivity index (χ0v) is 19.4. The molecule has 0 amide bonds. The molecule has 0 saturated carbocycles. The van der Waals surface area contributed by atoms with Crippen LogP contribution in [0.15, 0.2) is 108 Å². The average molecular weight is 490 g/mol. The minimum absolute atomic E-state index is 0.0315. The van der Waals surface area contributed by atoms with Gasteiger partial charge in [-0.05, 0) is 84.9 Å². The molecule has 176 valence electrons. The van der Waals surface area contributed by atoms with E-state index in [1.807, 2.05) is 0 Å².